The average Bonchev–Trinajstić information content (AvgIpc) is 2.65. The Labute approximate surface area is 184 Å². The van der Waals surface area contributed by atoms with Gasteiger partial charge < -0.3 is 0 Å². The summed E-state index contributed by atoms with van der Waals surface area (Å²) in [6, 6.07) is 4.26. The predicted octanol–water partition coefficient (Wildman–Crippen LogP) is 1.71. The Bertz CT molecular complexity index is 863. The van der Waals surface area contributed by atoms with Crippen LogP contribution in [0.1, 0.15) is 38.7 Å². The Hall–Kier alpha value is 0.346. The molecular weight excluding hydrogens is 381 g/mol. The van der Waals surface area contributed by atoms with Gasteiger partial charge in [-0.15, -0.1) is 0 Å². The van der Waals surface area contributed by atoms with Crippen molar-refractivity contribution in [1.29, 1.82) is 0 Å². The van der Waals surface area contributed by atoms with Gasteiger partial charge in [-0.3, -0.25) is 14.1 Å². The topological polar surface area (TPSA) is 121 Å². The number of aliphatic imine (C=N–C) groups is 1. The third-order valence-corrected chi connectivity index (χ3v) is 5.93. The number of nitrogens with zero attached hydrogens (tertiary/aromatic N) is 1. The Morgan fingerprint density at radius 2 is 1.75 bits per heavy atom. The number of hydrogen-bond donors (Lipinski definition) is 2. The molecular formula is C14H20KNO6S2. The second-order valence-electron chi connectivity index (χ2n) is 5.93. The summed E-state index contributed by atoms with van der Waals surface area (Å²) in [7, 11) is -8.28. The molecule has 10 heteroatoms. The molecule has 0 aliphatic carbocycles. The van der Waals surface area contributed by atoms with Gasteiger partial charge in [-0.25, -0.2) is 0 Å². The minimum atomic E-state index is -4.30. The molecule has 0 saturated carbocycles. The van der Waals surface area contributed by atoms with Gasteiger partial charge in [-0.05, 0) is 43.5 Å². The number of benzene rings is 1. The first kappa shape index (κ1) is 22.4. The van der Waals surface area contributed by atoms with Gasteiger partial charge in [-0.2, -0.15) is 16.8 Å². The molecule has 1 aromatic carbocycles. The van der Waals surface area contributed by atoms with Crippen LogP contribution in [0.25, 0.3) is 0 Å². The average molecular weight is 402 g/mol. The van der Waals surface area contributed by atoms with Crippen molar-refractivity contribution in [2.45, 2.75) is 43.4 Å². The molecule has 0 aromatic heterocycles. The molecule has 0 radical (unpaired) electrons. The van der Waals surface area contributed by atoms with E-state index in [2.05, 4.69) is 4.99 Å². The molecule has 0 fully saturated rings. The summed E-state index contributed by atoms with van der Waals surface area (Å²) in [5.74, 6) is -0.308. The maximum absolute atomic E-state index is 11.3. The van der Waals surface area contributed by atoms with Crippen LogP contribution in [0.3, 0.4) is 0 Å². The van der Waals surface area contributed by atoms with E-state index in [1.165, 1.54) is 12.1 Å². The third-order valence-electron chi connectivity index (χ3n) is 4.28. The molecule has 1 atom stereocenters. The molecule has 24 heavy (non-hydrogen) atoms. The fraction of sp³-hybridized carbons (Fsp3) is 0.500. The van der Waals surface area contributed by atoms with E-state index in [0.29, 0.717) is 30.5 Å². The van der Waals surface area contributed by atoms with Gasteiger partial charge in [0.25, 0.3) is 20.2 Å². The van der Waals surface area contributed by atoms with E-state index in [4.69, 9.17) is 4.55 Å². The zero-order valence-electron chi connectivity index (χ0n) is 12.9. The predicted molar refractivity (Wildman–Crippen MR) is 93.8 cm³/mol. The SMILES string of the molecule is CC1=Nc2ccc(S(=O)(=O)O)cc2C1(C)CCCCS(=O)(=O)O.[KH]. The molecule has 1 aliphatic rings. The molecule has 0 amide bonds. The van der Waals surface area contributed by atoms with Crippen LogP contribution in [0.15, 0.2) is 28.1 Å². The van der Waals surface area contributed by atoms with Crippen molar-refractivity contribution in [2.75, 3.05) is 5.75 Å². The molecule has 0 spiro atoms. The fourth-order valence-electron chi connectivity index (χ4n) is 2.79. The second-order valence-corrected chi connectivity index (χ2v) is 8.92. The van der Waals surface area contributed by atoms with E-state index in [9.17, 15) is 21.4 Å². The molecule has 1 heterocycles. The zero-order valence-corrected chi connectivity index (χ0v) is 14.5. The first-order valence-electron chi connectivity index (χ1n) is 7.06. The van der Waals surface area contributed by atoms with Gasteiger partial charge in [0.1, 0.15) is 0 Å². The van der Waals surface area contributed by atoms with E-state index in [-0.39, 0.29) is 62.0 Å². The summed E-state index contributed by atoms with van der Waals surface area (Å²) < 4.78 is 62.1. The molecule has 1 aliphatic heterocycles. The van der Waals surface area contributed by atoms with Crippen molar-refractivity contribution in [3.05, 3.63) is 23.8 Å². The summed E-state index contributed by atoms with van der Waals surface area (Å²) in [5.41, 5.74) is 1.60. The van der Waals surface area contributed by atoms with E-state index in [1.54, 1.807) is 6.07 Å². The maximum atomic E-state index is 11.3. The van der Waals surface area contributed by atoms with Crippen LogP contribution in [0.4, 0.5) is 5.69 Å². The molecule has 2 rings (SSSR count). The zero-order chi connectivity index (χ0) is 17.5. The molecule has 0 bridgehead atoms. The van der Waals surface area contributed by atoms with Crippen molar-refractivity contribution in [3.63, 3.8) is 0 Å². The number of fused-ring (bicyclic) bond motifs is 1. The van der Waals surface area contributed by atoms with E-state index in [0.717, 1.165) is 5.71 Å². The summed E-state index contributed by atoms with van der Waals surface area (Å²) in [5, 5.41) is 0. The summed E-state index contributed by atoms with van der Waals surface area (Å²) in [6.45, 7) is 3.73. The van der Waals surface area contributed by atoms with Crippen LogP contribution in [0, 0.1) is 0 Å². The Morgan fingerprint density at radius 3 is 2.29 bits per heavy atom. The van der Waals surface area contributed by atoms with Gasteiger partial charge in [0.15, 0.2) is 0 Å². The van der Waals surface area contributed by atoms with Gasteiger partial charge >= 0.3 is 51.4 Å². The number of rotatable bonds is 6. The van der Waals surface area contributed by atoms with Crippen LogP contribution in [0.2, 0.25) is 0 Å². The minimum absolute atomic E-state index is 0. The van der Waals surface area contributed by atoms with Crippen LogP contribution < -0.4 is 0 Å². The number of unbranched alkanes of at least 4 members (excludes halogenated alkanes) is 1. The van der Waals surface area contributed by atoms with Crippen molar-refractivity contribution in [3.8, 4) is 0 Å². The molecule has 130 valence electrons. The van der Waals surface area contributed by atoms with Gasteiger partial charge in [0, 0.05) is 11.1 Å². The Kier molecular flexibility index (Phi) is 7.40. The standard InChI is InChI=1S/C14H19NO6S2.K.H/c1-10-14(2,7-3-4-8-22(16,17)18)12-9-11(23(19,20)21)5-6-13(12)15-10;;/h5-6,9H,3-4,7-8H2,1-2H3,(H,16,17,18)(H,19,20,21);;. The van der Waals surface area contributed by atoms with Gasteiger partial charge in [0.05, 0.1) is 16.3 Å². The Balaban J connectivity index is 0.00000288. The quantitative estimate of drug-likeness (QED) is 0.425. The fourth-order valence-corrected chi connectivity index (χ4v) is 3.87. The summed E-state index contributed by atoms with van der Waals surface area (Å²) in [6.07, 6.45) is 1.38. The third kappa shape index (κ3) is 5.18. The van der Waals surface area contributed by atoms with E-state index >= 15 is 0 Å². The van der Waals surface area contributed by atoms with Crippen LogP contribution in [0.5, 0.6) is 0 Å². The van der Waals surface area contributed by atoms with Gasteiger partial charge in [-0.1, -0.05) is 13.3 Å². The normalized spacial score (nSPS) is 20.2. The first-order valence-corrected chi connectivity index (χ1v) is 10.1. The van der Waals surface area contributed by atoms with Crippen LogP contribution in [-0.2, 0) is 25.7 Å². The van der Waals surface area contributed by atoms with Crippen molar-refractivity contribution >= 4 is 83.0 Å². The van der Waals surface area contributed by atoms with Gasteiger partial charge in [0.2, 0.25) is 0 Å². The second kappa shape index (κ2) is 7.93. The molecule has 2 N–H and O–H groups in total. The Morgan fingerprint density at radius 1 is 1.12 bits per heavy atom. The van der Waals surface area contributed by atoms with Crippen molar-refractivity contribution in [1.82, 2.24) is 0 Å². The first-order chi connectivity index (χ1) is 10.4. The molecule has 7 nitrogen and oxygen atoms in total. The van der Waals surface area contributed by atoms with E-state index in [1.807, 2.05) is 13.8 Å². The van der Waals surface area contributed by atoms with E-state index < -0.39 is 25.7 Å². The molecule has 1 unspecified atom stereocenters. The molecule has 1 aromatic rings. The number of hydrogen-bond acceptors (Lipinski definition) is 5. The van der Waals surface area contributed by atoms with Crippen molar-refractivity contribution < 1.29 is 25.9 Å². The van der Waals surface area contributed by atoms with Crippen LogP contribution in [-0.4, -0.2) is 88.8 Å². The molecule has 0 saturated heterocycles. The van der Waals surface area contributed by atoms with Crippen LogP contribution >= 0.6 is 0 Å². The summed E-state index contributed by atoms with van der Waals surface area (Å²) >= 11 is 0. The monoisotopic (exact) mass is 401 g/mol. The summed E-state index contributed by atoms with van der Waals surface area (Å²) in [4.78, 5) is 4.24. The van der Waals surface area contributed by atoms with Crippen molar-refractivity contribution in [2.24, 2.45) is 4.99 Å².